The minimum Gasteiger partial charge on any atom is -0.378 e. The molecule has 1 aromatic carbocycles. The lowest BCUT2D eigenvalue weighted by molar-refractivity contribution is 0.0948. The number of hydrogen-bond acceptors (Lipinski definition) is 4. The van der Waals surface area contributed by atoms with Crippen LogP contribution in [0.3, 0.4) is 0 Å². The molecular weight excluding hydrogens is 288 g/mol. The van der Waals surface area contributed by atoms with Crippen molar-refractivity contribution in [1.29, 1.82) is 0 Å². The molecule has 0 bridgehead atoms. The number of rotatable bonds is 6. The van der Waals surface area contributed by atoms with E-state index < -0.39 is 0 Å². The molecule has 0 atom stereocenters. The summed E-state index contributed by atoms with van der Waals surface area (Å²) in [6.07, 6.45) is 3.29. The highest BCUT2D eigenvalue weighted by Crippen LogP contribution is 2.20. The molecule has 0 saturated carbocycles. The second-order valence-corrected chi connectivity index (χ2v) is 6.13. The van der Waals surface area contributed by atoms with Gasteiger partial charge in [0.25, 0.3) is 5.91 Å². The van der Waals surface area contributed by atoms with E-state index in [0.29, 0.717) is 18.0 Å². The number of anilines is 3. The summed E-state index contributed by atoms with van der Waals surface area (Å²) < 4.78 is 0. The molecule has 0 fully saturated rings. The quantitative estimate of drug-likeness (QED) is 0.859. The molecule has 0 radical (unpaired) electrons. The van der Waals surface area contributed by atoms with Crippen molar-refractivity contribution in [3.8, 4) is 0 Å². The van der Waals surface area contributed by atoms with Crippen LogP contribution in [0.25, 0.3) is 0 Å². The minimum absolute atomic E-state index is 0.0993. The Morgan fingerprint density at radius 1 is 1.13 bits per heavy atom. The van der Waals surface area contributed by atoms with Crippen LogP contribution in [0.4, 0.5) is 17.1 Å². The monoisotopic (exact) mass is 312 g/mol. The summed E-state index contributed by atoms with van der Waals surface area (Å²) >= 11 is 0. The van der Waals surface area contributed by atoms with Gasteiger partial charge in [0.1, 0.15) is 0 Å². The zero-order valence-corrected chi connectivity index (χ0v) is 14.1. The van der Waals surface area contributed by atoms with Crippen LogP contribution >= 0.6 is 0 Å². The van der Waals surface area contributed by atoms with E-state index in [1.807, 2.05) is 49.3 Å². The van der Waals surface area contributed by atoms with Crippen molar-refractivity contribution < 1.29 is 4.79 Å². The van der Waals surface area contributed by atoms with E-state index in [0.717, 1.165) is 17.1 Å². The summed E-state index contributed by atoms with van der Waals surface area (Å²) in [6, 6.07) is 9.88. The van der Waals surface area contributed by atoms with Gasteiger partial charge >= 0.3 is 0 Å². The Labute approximate surface area is 137 Å². The predicted molar refractivity (Wildman–Crippen MR) is 95.5 cm³/mol. The molecule has 5 heteroatoms. The number of pyridine rings is 1. The number of nitrogens with one attached hydrogen (secondary N) is 2. The highest BCUT2D eigenvalue weighted by molar-refractivity contribution is 5.94. The van der Waals surface area contributed by atoms with Crippen LogP contribution in [0.5, 0.6) is 0 Å². The molecule has 1 amide bonds. The number of carbonyl (C=O) groups excluding carboxylic acids is 1. The molecule has 0 aliphatic rings. The minimum atomic E-state index is -0.0993. The average Bonchev–Trinajstić information content (AvgIpc) is 2.53. The Morgan fingerprint density at radius 3 is 2.43 bits per heavy atom. The lowest BCUT2D eigenvalue weighted by atomic mass is 10.2. The third kappa shape index (κ3) is 4.98. The van der Waals surface area contributed by atoms with E-state index in [1.54, 1.807) is 12.4 Å². The average molecular weight is 312 g/mol. The second kappa shape index (κ2) is 7.63. The van der Waals surface area contributed by atoms with Gasteiger partial charge in [-0.25, -0.2) is 0 Å². The van der Waals surface area contributed by atoms with Gasteiger partial charge in [-0.15, -0.1) is 0 Å². The third-order valence-electron chi connectivity index (χ3n) is 3.34. The maximum atomic E-state index is 12.1. The molecule has 0 unspecified atom stereocenters. The van der Waals surface area contributed by atoms with E-state index in [1.165, 1.54) is 0 Å². The van der Waals surface area contributed by atoms with Gasteiger partial charge in [0.15, 0.2) is 0 Å². The molecule has 1 aromatic heterocycles. The molecule has 23 heavy (non-hydrogen) atoms. The molecule has 5 nitrogen and oxygen atoms in total. The van der Waals surface area contributed by atoms with Crippen molar-refractivity contribution >= 4 is 23.0 Å². The molecule has 1 heterocycles. The lowest BCUT2D eigenvalue weighted by Gasteiger charge is -2.13. The summed E-state index contributed by atoms with van der Waals surface area (Å²) in [7, 11) is 4.01. The standard InChI is InChI=1S/C18H24N4O/c1-13(2)10-20-18(23)14-9-16(12-19-11-14)21-15-5-7-17(8-6-15)22(3)4/h5-9,11-13,21H,10H2,1-4H3,(H,20,23). The third-order valence-corrected chi connectivity index (χ3v) is 3.34. The van der Waals surface area contributed by atoms with Gasteiger partial charge in [-0.05, 0) is 36.2 Å². The number of aromatic nitrogens is 1. The topological polar surface area (TPSA) is 57.3 Å². The molecule has 2 rings (SSSR count). The van der Waals surface area contributed by atoms with Gasteiger partial charge < -0.3 is 15.5 Å². The molecule has 2 aromatic rings. The van der Waals surface area contributed by atoms with E-state index >= 15 is 0 Å². The molecular formula is C18H24N4O. The number of hydrogen-bond donors (Lipinski definition) is 2. The van der Waals surface area contributed by atoms with Crippen LogP contribution in [0, 0.1) is 5.92 Å². The molecule has 122 valence electrons. The zero-order valence-electron chi connectivity index (χ0n) is 14.1. The summed E-state index contributed by atoms with van der Waals surface area (Å²) in [5.41, 5.74) is 3.44. The van der Waals surface area contributed by atoms with Crippen LogP contribution in [-0.4, -0.2) is 31.5 Å². The lowest BCUT2D eigenvalue weighted by Crippen LogP contribution is -2.27. The Kier molecular flexibility index (Phi) is 5.57. The van der Waals surface area contributed by atoms with E-state index in [2.05, 4.69) is 29.5 Å². The fourth-order valence-electron chi connectivity index (χ4n) is 2.04. The van der Waals surface area contributed by atoms with Crippen LogP contribution < -0.4 is 15.5 Å². The first-order valence-corrected chi connectivity index (χ1v) is 7.73. The summed E-state index contributed by atoms with van der Waals surface area (Å²) in [5, 5.41) is 6.17. The van der Waals surface area contributed by atoms with Gasteiger partial charge in [0.05, 0.1) is 17.4 Å². The van der Waals surface area contributed by atoms with Crippen LogP contribution in [0.1, 0.15) is 24.2 Å². The molecule has 0 aliphatic carbocycles. The molecule has 2 N–H and O–H groups in total. The van der Waals surface area contributed by atoms with Gasteiger partial charge in [0.2, 0.25) is 0 Å². The summed E-state index contributed by atoms with van der Waals surface area (Å²) in [4.78, 5) is 18.3. The Balaban J connectivity index is 2.06. The fraction of sp³-hybridized carbons (Fsp3) is 0.333. The fourth-order valence-corrected chi connectivity index (χ4v) is 2.04. The van der Waals surface area contributed by atoms with Crippen LogP contribution in [-0.2, 0) is 0 Å². The van der Waals surface area contributed by atoms with Crippen molar-refractivity contribution in [3.05, 3.63) is 48.3 Å². The normalized spacial score (nSPS) is 10.5. The first-order valence-electron chi connectivity index (χ1n) is 7.73. The Hall–Kier alpha value is -2.56. The highest BCUT2D eigenvalue weighted by atomic mass is 16.1. The Morgan fingerprint density at radius 2 is 1.83 bits per heavy atom. The maximum Gasteiger partial charge on any atom is 0.252 e. The first-order chi connectivity index (χ1) is 11.0. The largest absolute Gasteiger partial charge is 0.378 e. The van der Waals surface area contributed by atoms with Crippen molar-refractivity contribution in [2.45, 2.75) is 13.8 Å². The summed E-state index contributed by atoms with van der Waals surface area (Å²) in [6.45, 7) is 4.78. The van der Waals surface area contributed by atoms with Crippen molar-refractivity contribution in [2.24, 2.45) is 5.92 Å². The zero-order chi connectivity index (χ0) is 16.8. The van der Waals surface area contributed by atoms with E-state index in [4.69, 9.17) is 0 Å². The highest BCUT2D eigenvalue weighted by Gasteiger charge is 2.07. The van der Waals surface area contributed by atoms with Crippen molar-refractivity contribution in [2.75, 3.05) is 30.9 Å². The maximum absolute atomic E-state index is 12.1. The first kappa shape index (κ1) is 16.8. The van der Waals surface area contributed by atoms with Crippen molar-refractivity contribution in [1.82, 2.24) is 10.3 Å². The molecule has 0 aliphatic heterocycles. The summed E-state index contributed by atoms with van der Waals surface area (Å²) in [5.74, 6) is 0.321. The van der Waals surface area contributed by atoms with Crippen LogP contribution in [0.2, 0.25) is 0 Å². The SMILES string of the molecule is CC(C)CNC(=O)c1cncc(Nc2ccc(N(C)C)cc2)c1. The number of amides is 1. The number of nitrogens with zero attached hydrogens (tertiary/aromatic N) is 2. The smallest absolute Gasteiger partial charge is 0.252 e. The van der Waals surface area contributed by atoms with Crippen LogP contribution in [0.15, 0.2) is 42.7 Å². The predicted octanol–water partition coefficient (Wildman–Crippen LogP) is 3.28. The van der Waals surface area contributed by atoms with Crippen molar-refractivity contribution in [3.63, 3.8) is 0 Å². The van der Waals surface area contributed by atoms with E-state index in [9.17, 15) is 4.79 Å². The van der Waals surface area contributed by atoms with E-state index in [-0.39, 0.29) is 5.91 Å². The Bertz CT molecular complexity index is 650. The van der Waals surface area contributed by atoms with Gasteiger partial charge in [0, 0.05) is 38.2 Å². The number of carbonyl (C=O) groups is 1. The van der Waals surface area contributed by atoms with Gasteiger partial charge in [-0.1, -0.05) is 13.8 Å². The van der Waals surface area contributed by atoms with Gasteiger partial charge in [-0.2, -0.15) is 0 Å². The molecule has 0 saturated heterocycles. The molecule has 0 spiro atoms. The van der Waals surface area contributed by atoms with Gasteiger partial charge in [-0.3, -0.25) is 9.78 Å². The second-order valence-electron chi connectivity index (χ2n) is 6.13. The number of benzene rings is 1.